The van der Waals surface area contributed by atoms with Gasteiger partial charge in [0.2, 0.25) is 5.88 Å². The number of ether oxygens (including phenoxy) is 1. The molecular formula is C13H11N5O3. The molecule has 0 radical (unpaired) electrons. The molecular weight excluding hydrogens is 274 g/mol. The molecule has 8 nitrogen and oxygen atoms in total. The molecule has 0 unspecified atom stereocenters. The molecule has 3 heterocycles. The van der Waals surface area contributed by atoms with Gasteiger partial charge in [0.25, 0.3) is 0 Å². The lowest BCUT2D eigenvalue weighted by Gasteiger charge is -2.05. The quantitative estimate of drug-likeness (QED) is 0.749. The Morgan fingerprint density at radius 2 is 2.19 bits per heavy atom. The minimum Gasteiger partial charge on any atom is -0.480 e. The molecule has 0 bridgehead atoms. The van der Waals surface area contributed by atoms with E-state index in [0.717, 1.165) is 5.69 Å². The second-order valence-electron chi connectivity index (χ2n) is 4.15. The van der Waals surface area contributed by atoms with Crippen molar-refractivity contribution in [1.82, 2.24) is 25.0 Å². The van der Waals surface area contributed by atoms with Crippen LogP contribution in [0.15, 0.2) is 36.5 Å². The minimum absolute atomic E-state index is 0.0720. The van der Waals surface area contributed by atoms with E-state index in [1.54, 1.807) is 18.3 Å². The Labute approximate surface area is 119 Å². The summed E-state index contributed by atoms with van der Waals surface area (Å²) in [5, 5.41) is 21.0. The van der Waals surface area contributed by atoms with Crippen LogP contribution < -0.4 is 4.74 Å². The van der Waals surface area contributed by atoms with Crippen LogP contribution in [0.4, 0.5) is 0 Å². The van der Waals surface area contributed by atoms with Crippen molar-refractivity contribution in [1.29, 1.82) is 0 Å². The SMILES string of the molecule is COc1ccc(-n2nc(C(=O)O)cc2-c2ccc[nH]2)nn1. The fourth-order valence-electron chi connectivity index (χ4n) is 1.88. The van der Waals surface area contributed by atoms with Gasteiger partial charge in [-0.15, -0.1) is 10.2 Å². The van der Waals surface area contributed by atoms with E-state index in [1.807, 2.05) is 12.1 Å². The number of nitrogens with one attached hydrogen (secondary N) is 1. The molecule has 0 aliphatic carbocycles. The molecule has 3 aromatic rings. The van der Waals surface area contributed by atoms with Crippen molar-refractivity contribution in [2.75, 3.05) is 7.11 Å². The van der Waals surface area contributed by atoms with Gasteiger partial charge in [0.05, 0.1) is 18.5 Å². The summed E-state index contributed by atoms with van der Waals surface area (Å²) in [7, 11) is 1.49. The van der Waals surface area contributed by atoms with Gasteiger partial charge in [-0.1, -0.05) is 0 Å². The fourth-order valence-corrected chi connectivity index (χ4v) is 1.88. The Hall–Kier alpha value is -3.16. The summed E-state index contributed by atoms with van der Waals surface area (Å²) < 4.78 is 6.37. The van der Waals surface area contributed by atoms with E-state index in [1.165, 1.54) is 17.9 Å². The van der Waals surface area contributed by atoms with Crippen LogP contribution in [0.1, 0.15) is 10.5 Å². The number of hydrogen-bond donors (Lipinski definition) is 2. The number of rotatable bonds is 4. The first kappa shape index (κ1) is 12.9. The number of H-pyrrole nitrogens is 1. The van der Waals surface area contributed by atoms with E-state index in [-0.39, 0.29) is 5.69 Å². The smallest absolute Gasteiger partial charge is 0.356 e. The number of nitrogens with zero attached hydrogens (tertiary/aromatic N) is 4. The van der Waals surface area contributed by atoms with E-state index in [9.17, 15) is 4.79 Å². The first-order chi connectivity index (χ1) is 10.2. The van der Waals surface area contributed by atoms with Crippen molar-refractivity contribution in [3.05, 3.63) is 42.2 Å². The van der Waals surface area contributed by atoms with Gasteiger partial charge in [-0.3, -0.25) is 0 Å². The molecule has 0 spiro atoms. The normalized spacial score (nSPS) is 10.5. The summed E-state index contributed by atoms with van der Waals surface area (Å²) in [6, 6.07) is 8.38. The highest BCUT2D eigenvalue weighted by Gasteiger charge is 2.17. The molecule has 0 aromatic carbocycles. The predicted octanol–water partition coefficient (Wildman–Crippen LogP) is 1.36. The number of carboxylic acid groups (broad SMARTS) is 1. The van der Waals surface area contributed by atoms with E-state index in [0.29, 0.717) is 17.4 Å². The average molecular weight is 285 g/mol. The third-order valence-corrected chi connectivity index (χ3v) is 2.85. The van der Waals surface area contributed by atoms with Crippen molar-refractivity contribution in [2.45, 2.75) is 0 Å². The summed E-state index contributed by atoms with van der Waals surface area (Å²) in [5.41, 5.74) is 1.24. The van der Waals surface area contributed by atoms with Gasteiger partial charge in [-0.25, -0.2) is 9.48 Å². The van der Waals surface area contributed by atoms with Gasteiger partial charge >= 0.3 is 5.97 Å². The topological polar surface area (TPSA) is 106 Å². The van der Waals surface area contributed by atoms with Gasteiger partial charge in [0, 0.05) is 18.3 Å². The maximum atomic E-state index is 11.1. The monoisotopic (exact) mass is 285 g/mol. The lowest BCUT2D eigenvalue weighted by molar-refractivity contribution is 0.0690. The Bertz CT molecular complexity index is 762. The van der Waals surface area contributed by atoms with Crippen LogP contribution in [-0.2, 0) is 0 Å². The third kappa shape index (κ3) is 2.34. The highest BCUT2D eigenvalue weighted by atomic mass is 16.5. The van der Waals surface area contributed by atoms with Crippen LogP contribution in [0, 0.1) is 0 Å². The molecule has 0 aliphatic heterocycles. The summed E-state index contributed by atoms with van der Waals surface area (Å²) in [6.07, 6.45) is 1.74. The number of aromatic nitrogens is 5. The molecule has 21 heavy (non-hydrogen) atoms. The maximum absolute atomic E-state index is 11.1. The summed E-state index contributed by atoms with van der Waals surface area (Å²) in [4.78, 5) is 14.1. The first-order valence-electron chi connectivity index (χ1n) is 6.04. The van der Waals surface area contributed by atoms with Crippen LogP contribution >= 0.6 is 0 Å². The van der Waals surface area contributed by atoms with Gasteiger partial charge in [0.15, 0.2) is 11.5 Å². The van der Waals surface area contributed by atoms with Crippen molar-refractivity contribution < 1.29 is 14.6 Å². The third-order valence-electron chi connectivity index (χ3n) is 2.85. The summed E-state index contributed by atoms with van der Waals surface area (Å²) in [6.45, 7) is 0. The molecule has 3 rings (SSSR count). The molecule has 0 fully saturated rings. The molecule has 0 saturated carbocycles. The lowest BCUT2D eigenvalue weighted by atomic mass is 10.3. The van der Waals surface area contributed by atoms with Crippen LogP contribution in [0.25, 0.3) is 17.2 Å². The van der Waals surface area contributed by atoms with Crippen LogP contribution in [0.5, 0.6) is 5.88 Å². The van der Waals surface area contributed by atoms with Gasteiger partial charge < -0.3 is 14.8 Å². The first-order valence-corrected chi connectivity index (χ1v) is 6.04. The molecule has 0 amide bonds. The Kier molecular flexibility index (Phi) is 3.11. The summed E-state index contributed by atoms with van der Waals surface area (Å²) in [5.74, 6) is -0.346. The van der Waals surface area contributed by atoms with Crippen molar-refractivity contribution in [3.63, 3.8) is 0 Å². The highest BCUT2D eigenvalue weighted by Crippen LogP contribution is 2.22. The number of hydrogen-bond acceptors (Lipinski definition) is 5. The lowest BCUT2D eigenvalue weighted by Crippen LogP contribution is -2.05. The van der Waals surface area contributed by atoms with E-state index >= 15 is 0 Å². The molecule has 3 aromatic heterocycles. The fraction of sp³-hybridized carbons (Fsp3) is 0.0769. The molecule has 106 valence electrons. The number of carboxylic acids is 1. The number of carbonyl (C=O) groups is 1. The van der Waals surface area contributed by atoms with E-state index < -0.39 is 5.97 Å². The Morgan fingerprint density at radius 1 is 1.33 bits per heavy atom. The average Bonchev–Trinajstić information content (AvgIpc) is 3.16. The van der Waals surface area contributed by atoms with Crippen molar-refractivity contribution >= 4 is 5.97 Å². The zero-order valence-corrected chi connectivity index (χ0v) is 11.0. The van der Waals surface area contributed by atoms with Gasteiger partial charge in [0.1, 0.15) is 0 Å². The standard InChI is InChI=1S/C13H11N5O3/c1-21-12-5-4-11(15-16-12)18-10(8-3-2-6-14-8)7-9(17-18)13(19)20/h2-7,14H,1H3,(H,19,20). The van der Waals surface area contributed by atoms with Crippen LogP contribution in [0.2, 0.25) is 0 Å². The Morgan fingerprint density at radius 3 is 2.76 bits per heavy atom. The number of aromatic amines is 1. The van der Waals surface area contributed by atoms with E-state index in [2.05, 4.69) is 20.3 Å². The van der Waals surface area contributed by atoms with Gasteiger partial charge in [-0.2, -0.15) is 5.10 Å². The highest BCUT2D eigenvalue weighted by molar-refractivity contribution is 5.87. The van der Waals surface area contributed by atoms with Crippen molar-refractivity contribution in [2.24, 2.45) is 0 Å². The molecule has 0 aliphatic rings. The zero-order chi connectivity index (χ0) is 14.8. The largest absolute Gasteiger partial charge is 0.480 e. The zero-order valence-electron chi connectivity index (χ0n) is 11.0. The number of methoxy groups -OCH3 is 1. The second-order valence-corrected chi connectivity index (χ2v) is 4.15. The predicted molar refractivity (Wildman–Crippen MR) is 72.5 cm³/mol. The van der Waals surface area contributed by atoms with Crippen LogP contribution in [0.3, 0.4) is 0 Å². The number of aromatic carboxylic acids is 1. The van der Waals surface area contributed by atoms with Crippen LogP contribution in [-0.4, -0.2) is 43.1 Å². The Balaban J connectivity index is 2.13. The maximum Gasteiger partial charge on any atom is 0.356 e. The van der Waals surface area contributed by atoms with E-state index in [4.69, 9.17) is 9.84 Å². The summed E-state index contributed by atoms with van der Waals surface area (Å²) >= 11 is 0. The molecule has 0 atom stereocenters. The van der Waals surface area contributed by atoms with Crippen molar-refractivity contribution in [3.8, 4) is 23.1 Å². The molecule has 2 N–H and O–H groups in total. The van der Waals surface area contributed by atoms with Gasteiger partial charge in [-0.05, 0) is 18.2 Å². The molecule has 8 heteroatoms. The molecule has 0 saturated heterocycles. The second kappa shape index (κ2) is 5.08. The minimum atomic E-state index is -1.11.